The molecule has 0 aromatic carbocycles. The minimum atomic E-state index is 0.688. The highest BCUT2D eigenvalue weighted by Gasteiger charge is 2.33. The third kappa shape index (κ3) is 2.21. The lowest BCUT2D eigenvalue weighted by Gasteiger charge is -2.28. The number of rotatable bonds is 3. The summed E-state index contributed by atoms with van der Waals surface area (Å²) in [5, 5.41) is 3.66. The lowest BCUT2D eigenvalue weighted by atomic mass is 10.0. The molecule has 0 saturated carbocycles. The van der Waals surface area contributed by atoms with E-state index in [1.807, 2.05) is 16.7 Å². The number of nitrogens with zero attached hydrogens (tertiary/aromatic N) is 4. The van der Waals surface area contributed by atoms with E-state index in [9.17, 15) is 0 Å². The Labute approximate surface area is 119 Å². The first-order chi connectivity index (χ1) is 9.90. The van der Waals surface area contributed by atoms with Gasteiger partial charge >= 0.3 is 0 Å². The molecule has 0 aliphatic carbocycles. The molecule has 1 N–H and O–H groups in total. The molecule has 0 spiro atoms. The van der Waals surface area contributed by atoms with Crippen LogP contribution in [0.2, 0.25) is 0 Å². The average Bonchev–Trinajstić information content (AvgIpc) is 3.18. The molecule has 2 aliphatic rings. The second-order valence-electron chi connectivity index (χ2n) is 5.94. The number of hydrogen-bond donors (Lipinski definition) is 1. The van der Waals surface area contributed by atoms with Gasteiger partial charge < -0.3 is 5.32 Å². The Bertz CT molecular complexity index is 554. The zero-order valence-electron chi connectivity index (χ0n) is 11.7. The fourth-order valence-electron chi connectivity index (χ4n) is 3.71. The number of imidazole rings is 1. The van der Waals surface area contributed by atoms with Crippen molar-refractivity contribution in [2.24, 2.45) is 0 Å². The van der Waals surface area contributed by atoms with Gasteiger partial charge in [-0.05, 0) is 44.8 Å². The van der Waals surface area contributed by atoms with Crippen LogP contribution in [0.1, 0.15) is 31.4 Å². The van der Waals surface area contributed by atoms with Gasteiger partial charge in [0.2, 0.25) is 5.78 Å². The van der Waals surface area contributed by atoms with E-state index in [1.165, 1.54) is 38.8 Å². The van der Waals surface area contributed by atoms with Crippen molar-refractivity contribution >= 4 is 5.78 Å². The van der Waals surface area contributed by atoms with Crippen LogP contribution in [0.15, 0.2) is 24.7 Å². The molecule has 4 rings (SSSR count). The van der Waals surface area contributed by atoms with Gasteiger partial charge in [-0.1, -0.05) is 0 Å². The highest BCUT2D eigenvalue weighted by atomic mass is 15.2. The number of nitrogens with one attached hydrogen (secondary N) is 1. The molecular formula is C15H21N5. The Morgan fingerprint density at radius 2 is 2.30 bits per heavy atom. The molecule has 0 amide bonds. The summed E-state index contributed by atoms with van der Waals surface area (Å²) in [6.45, 7) is 3.34. The fraction of sp³-hybridized carbons (Fsp3) is 0.600. The van der Waals surface area contributed by atoms with Crippen LogP contribution in [0.4, 0.5) is 0 Å². The van der Waals surface area contributed by atoms with Crippen molar-refractivity contribution < 1.29 is 0 Å². The number of likely N-dealkylation sites (tertiary alicyclic amines) is 1. The molecule has 2 aliphatic heterocycles. The van der Waals surface area contributed by atoms with E-state index in [2.05, 4.69) is 26.4 Å². The smallest absolute Gasteiger partial charge is 0.233 e. The minimum Gasteiger partial charge on any atom is -0.312 e. The highest BCUT2D eigenvalue weighted by Crippen LogP contribution is 2.26. The van der Waals surface area contributed by atoms with Crippen molar-refractivity contribution in [3.63, 3.8) is 0 Å². The molecule has 2 atom stereocenters. The lowest BCUT2D eigenvalue weighted by molar-refractivity contribution is 0.204. The van der Waals surface area contributed by atoms with E-state index in [4.69, 9.17) is 0 Å². The predicted molar refractivity (Wildman–Crippen MR) is 77.4 cm³/mol. The van der Waals surface area contributed by atoms with Gasteiger partial charge in [0.05, 0.1) is 5.69 Å². The summed E-state index contributed by atoms with van der Waals surface area (Å²) < 4.78 is 2.01. The molecule has 106 valence electrons. The summed E-state index contributed by atoms with van der Waals surface area (Å²) in [6, 6.07) is 3.32. The molecule has 2 fully saturated rings. The van der Waals surface area contributed by atoms with E-state index in [0.717, 1.165) is 18.0 Å². The molecule has 5 heteroatoms. The Hall–Kier alpha value is -1.46. The summed E-state index contributed by atoms with van der Waals surface area (Å²) in [6.07, 6.45) is 11.2. The van der Waals surface area contributed by atoms with Crippen LogP contribution in [0.5, 0.6) is 0 Å². The zero-order chi connectivity index (χ0) is 13.4. The molecule has 4 heterocycles. The summed E-state index contributed by atoms with van der Waals surface area (Å²) in [5.74, 6) is 0.803. The first-order valence-corrected chi connectivity index (χ1v) is 7.66. The van der Waals surface area contributed by atoms with E-state index in [0.29, 0.717) is 12.1 Å². The van der Waals surface area contributed by atoms with Gasteiger partial charge in [0.15, 0.2) is 0 Å². The molecule has 0 bridgehead atoms. The molecule has 0 radical (unpaired) electrons. The lowest BCUT2D eigenvalue weighted by Crippen LogP contribution is -2.43. The Kier molecular flexibility index (Phi) is 3.16. The van der Waals surface area contributed by atoms with E-state index >= 15 is 0 Å². The van der Waals surface area contributed by atoms with Gasteiger partial charge in [-0.2, -0.15) is 0 Å². The minimum absolute atomic E-state index is 0.688. The molecular weight excluding hydrogens is 250 g/mol. The van der Waals surface area contributed by atoms with Gasteiger partial charge in [-0.3, -0.25) is 9.30 Å². The SMILES string of the molecule is c1cnc2nc(CN3CCCC3C3CCCN3)cn2c1. The van der Waals surface area contributed by atoms with Gasteiger partial charge in [-0.25, -0.2) is 9.97 Å². The van der Waals surface area contributed by atoms with Crippen LogP contribution in [0, 0.1) is 0 Å². The molecule has 2 aromatic heterocycles. The van der Waals surface area contributed by atoms with Gasteiger partial charge in [0.25, 0.3) is 0 Å². The van der Waals surface area contributed by atoms with Crippen LogP contribution < -0.4 is 5.32 Å². The second kappa shape index (κ2) is 5.14. The van der Waals surface area contributed by atoms with Crippen LogP contribution in [0.3, 0.4) is 0 Å². The van der Waals surface area contributed by atoms with E-state index in [1.54, 1.807) is 6.20 Å². The number of hydrogen-bond acceptors (Lipinski definition) is 4. The van der Waals surface area contributed by atoms with E-state index in [-0.39, 0.29) is 0 Å². The van der Waals surface area contributed by atoms with Crippen LogP contribution >= 0.6 is 0 Å². The maximum Gasteiger partial charge on any atom is 0.233 e. The second-order valence-corrected chi connectivity index (χ2v) is 5.94. The fourth-order valence-corrected chi connectivity index (χ4v) is 3.71. The molecule has 5 nitrogen and oxygen atoms in total. The number of fused-ring (bicyclic) bond motifs is 1. The Morgan fingerprint density at radius 3 is 3.15 bits per heavy atom. The standard InChI is InChI=1S/C15H21N5/c1-4-13(16-6-1)14-5-2-8-19(14)10-12-11-20-9-3-7-17-15(20)18-12/h3,7,9,11,13-14,16H,1-2,4-6,8,10H2. The molecule has 2 unspecified atom stereocenters. The summed E-state index contributed by atoms with van der Waals surface area (Å²) in [4.78, 5) is 11.5. The summed E-state index contributed by atoms with van der Waals surface area (Å²) in [5.41, 5.74) is 1.13. The maximum atomic E-state index is 4.63. The first-order valence-electron chi connectivity index (χ1n) is 7.66. The van der Waals surface area contributed by atoms with Gasteiger partial charge in [-0.15, -0.1) is 0 Å². The Balaban J connectivity index is 1.52. The van der Waals surface area contributed by atoms with Gasteiger partial charge in [0, 0.05) is 37.2 Å². The summed E-state index contributed by atoms with van der Waals surface area (Å²) >= 11 is 0. The van der Waals surface area contributed by atoms with Crippen molar-refractivity contribution in [2.45, 2.75) is 44.3 Å². The van der Waals surface area contributed by atoms with Crippen LogP contribution in [-0.4, -0.2) is 44.4 Å². The molecule has 2 saturated heterocycles. The number of aromatic nitrogens is 3. The third-order valence-corrected chi connectivity index (χ3v) is 4.63. The summed E-state index contributed by atoms with van der Waals surface area (Å²) in [7, 11) is 0. The van der Waals surface area contributed by atoms with Crippen molar-refractivity contribution in [1.82, 2.24) is 24.6 Å². The highest BCUT2D eigenvalue weighted by molar-refractivity contribution is 5.29. The maximum absolute atomic E-state index is 4.63. The Morgan fingerprint density at radius 1 is 1.30 bits per heavy atom. The topological polar surface area (TPSA) is 45.5 Å². The van der Waals surface area contributed by atoms with Gasteiger partial charge in [0.1, 0.15) is 0 Å². The largest absolute Gasteiger partial charge is 0.312 e. The van der Waals surface area contributed by atoms with Crippen molar-refractivity contribution in [3.05, 3.63) is 30.4 Å². The normalized spacial score (nSPS) is 27.6. The van der Waals surface area contributed by atoms with Crippen molar-refractivity contribution in [1.29, 1.82) is 0 Å². The first kappa shape index (κ1) is 12.3. The van der Waals surface area contributed by atoms with Crippen LogP contribution in [0.25, 0.3) is 5.78 Å². The van der Waals surface area contributed by atoms with Crippen molar-refractivity contribution in [2.75, 3.05) is 13.1 Å². The van der Waals surface area contributed by atoms with Crippen LogP contribution in [-0.2, 0) is 6.54 Å². The zero-order valence-corrected chi connectivity index (χ0v) is 11.7. The molecule has 2 aromatic rings. The quantitative estimate of drug-likeness (QED) is 0.917. The third-order valence-electron chi connectivity index (χ3n) is 4.63. The predicted octanol–water partition coefficient (Wildman–Crippen LogP) is 1.45. The molecule has 20 heavy (non-hydrogen) atoms. The van der Waals surface area contributed by atoms with Crippen molar-refractivity contribution in [3.8, 4) is 0 Å². The average molecular weight is 271 g/mol. The van der Waals surface area contributed by atoms with E-state index < -0.39 is 0 Å². The monoisotopic (exact) mass is 271 g/mol.